The highest BCUT2D eigenvalue weighted by Gasteiger charge is 2.23. The second kappa shape index (κ2) is 7.46. The number of benzene rings is 2. The van der Waals surface area contributed by atoms with Crippen LogP contribution in [-0.2, 0) is 4.79 Å². The van der Waals surface area contributed by atoms with Gasteiger partial charge in [-0.1, -0.05) is 0 Å². The Morgan fingerprint density at radius 1 is 0.966 bits per heavy atom. The molecule has 1 saturated heterocycles. The number of nitrogens with zero attached hydrogens (tertiary/aromatic N) is 4. The van der Waals surface area contributed by atoms with Crippen molar-refractivity contribution in [2.75, 3.05) is 31.1 Å². The molecule has 0 spiro atoms. The number of hydrogen-bond donors (Lipinski definition) is 1. The van der Waals surface area contributed by atoms with Gasteiger partial charge in [-0.3, -0.25) is 4.79 Å². The van der Waals surface area contributed by atoms with Crippen molar-refractivity contribution in [2.24, 2.45) is 0 Å². The molecule has 1 aliphatic heterocycles. The first kappa shape index (κ1) is 18.8. The minimum Gasteiger partial charge on any atom is -0.478 e. The van der Waals surface area contributed by atoms with Crippen LogP contribution in [0.1, 0.15) is 17.3 Å². The molecule has 1 fully saturated rings. The fourth-order valence-electron chi connectivity index (χ4n) is 3.43. The predicted molar refractivity (Wildman–Crippen MR) is 106 cm³/mol. The lowest BCUT2D eigenvalue weighted by Gasteiger charge is -2.35. The summed E-state index contributed by atoms with van der Waals surface area (Å²) in [5.74, 6) is -0.757. The van der Waals surface area contributed by atoms with Crippen LogP contribution >= 0.6 is 0 Å². The van der Waals surface area contributed by atoms with Crippen LogP contribution in [0.4, 0.5) is 10.2 Å². The van der Waals surface area contributed by atoms with Gasteiger partial charge in [0.1, 0.15) is 11.5 Å². The Morgan fingerprint density at radius 3 is 2.28 bits per heavy atom. The number of aromatic carboxylic acids is 1. The number of piperazine rings is 1. The lowest BCUT2D eigenvalue weighted by molar-refractivity contribution is -0.129. The minimum atomic E-state index is -1.03. The molecule has 1 amide bonds. The Kier molecular flexibility index (Phi) is 4.84. The highest BCUT2D eigenvalue weighted by molar-refractivity contribution is 5.93. The summed E-state index contributed by atoms with van der Waals surface area (Å²) in [4.78, 5) is 36.2. The average molecular weight is 394 g/mol. The van der Waals surface area contributed by atoms with E-state index < -0.39 is 5.97 Å². The Hall–Kier alpha value is -3.55. The van der Waals surface area contributed by atoms with Gasteiger partial charge in [-0.05, 0) is 42.5 Å². The van der Waals surface area contributed by atoms with Crippen LogP contribution in [-0.4, -0.2) is 58.0 Å². The molecule has 0 unspecified atom stereocenters. The van der Waals surface area contributed by atoms with Gasteiger partial charge in [0, 0.05) is 38.7 Å². The number of carbonyl (C=O) groups excluding carboxylic acids is 1. The molecule has 0 aliphatic carbocycles. The second-order valence-electron chi connectivity index (χ2n) is 6.90. The van der Waals surface area contributed by atoms with E-state index in [1.807, 2.05) is 4.90 Å². The van der Waals surface area contributed by atoms with Gasteiger partial charge in [0.15, 0.2) is 5.82 Å². The zero-order chi connectivity index (χ0) is 20.5. The molecule has 3 aromatic rings. The average Bonchev–Trinajstić information content (AvgIpc) is 2.73. The first-order chi connectivity index (χ1) is 13.9. The van der Waals surface area contributed by atoms with E-state index in [9.17, 15) is 19.1 Å². The fourth-order valence-corrected chi connectivity index (χ4v) is 3.43. The SMILES string of the molecule is CC(=O)N1CCN(c2nc3cc(C(=O)O)ccc3nc2-c2ccc(F)cc2)CC1. The largest absolute Gasteiger partial charge is 0.478 e. The topological polar surface area (TPSA) is 86.6 Å². The maximum absolute atomic E-state index is 13.4. The molecule has 0 atom stereocenters. The third-order valence-electron chi connectivity index (χ3n) is 5.03. The number of fused-ring (bicyclic) bond motifs is 1. The fraction of sp³-hybridized carbons (Fsp3) is 0.238. The molecule has 4 rings (SSSR count). The van der Waals surface area contributed by atoms with Gasteiger partial charge in [0.25, 0.3) is 0 Å². The van der Waals surface area contributed by atoms with Gasteiger partial charge in [0.2, 0.25) is 5.91 Å². The van der Waals surface area contributed by atoms with Crippen LogP contribution in [0.25, 0.3) is 22.3 Å². The molecule has 2 heterocycles. The summed E-state index contributed by atoms with van der Waals surface area (Å²) in [5.41, 5.74) is 2.47. The number of halogens is 1. The maximum atomic E-state index is 13.4. The summed E-state index contributed by atoms with van der Waals surface area (Å²) < 4.78 is 13.4. The van der Waals surface area contributed by atoms with Crippen molar-refractivity contribution in [2.45, 2.75) is 6.92 Å². The molecule has 1 aliphatic rings. The third-order valence-corrected chi connectivity index (χ3v) is 5.03. The van der Waals surface area contributed by atoms with Crippen LogP contribution in [0.3, 0.4) is 0 Å². The molecule has 2 aromatic carbocycles. The Bertz CT molecular complexity index is 1090. The normalized spacial score (nSPS) is 14.3. The second-order valence-corrected chi connectivity index (χ2v) is 6.90. The van der Waals surface area contributed by atoms with Crippen LogP contribution in [0.15, 0.2) is 42.5 Å². The number of carboxylic acid groups (broad SMARTS) is 1. The molecule has 0 saturated carbocycles. The van der Waals surface area contributed by atoms with Crippen LogP contribution in [0, 0.1) is 5.82 Å². The van der Waals surface area contributed by atoms with E-state index in [0.717, 1.165) is 0 Å². The highest BCUT2D eigenvalue weighted by atomic mass is 19.1. The summed E-state index contributed by atoms with van der Waals surface area (Å²) in [6.07, 6.45) is 0. The monoisotopic (exact) mass is 394 g/mol. The molecule has 8 heteroatoms. The first-order valence-corrected chi connectivity index (χ1v) is 9.24. The smallest absolute Gasteiger partial charge is 0.335 e. The van der Waals surface area contributed by atoms with Crippen molar-refractivity contribution in [3.63, 3.8) is 0 Å². The van der Waals surface area contributed by atoms with E-state index in [2.05, 4.69) is 0 Å². The predicted octanol–water partition coefficient (Wildman–Crippen LogP) is 2.80. The Balaban J connectivity index is 1.82. The summed E-state index contributed by atoms with van der Waals surface area (Å²) in [5, 5.41) is 9.27. The lowest BCUT2D eigenvalue weighted by Crippen LogP contribution is -2.48. The van der Waals surface area contributed by atoms with E-state index >= 15 is 0 Å². The van der Waals surface area contributed by atoms with E-state index in [1.54, 1.807) is 30.0 Å². The first-order valence-electron chi connectivity index (χ1n) is 9.24. The van der Waals surface area contributed by atoms with Crippen LogP contribution < -0.4 is 4.90 Å². The van der Waals surface area contributed by atoms with E-state index in [4.69, 9.17) is 9.97 Å². The van der Waals surface area contributed by atoms with Gasteiger partial charge < -0.3 is 14.9 Å². The van der Waals surface area contributed by atoms with Gasteiger partial charge in [-0.15, -0.1) is 0 Å². The maximum Gasteiger partial charge on any atom is 0.335 e. The summed E-state index contributed by atoms with van der Waals surface area (Å²) >= 11 is 0. The van der Waals surface area contributed by atoms with E-state index in [0.29, 0.717) is 54.3 Å². The summed E-state index contributed by atoms with van der Waals surface area (Å²) in [6.45, 7) is 3.82. The Morgan fingerprint density at radius 2 is 1.66 bits per heavy atom. The number of aromatic nitrogens is 2. The molecule has 1 aromatic heterocycles. The molecular formula is C21H19FN4O3. The number of amides is 1. The molecule has 7 nitrogen and oxygen atoms in total. The van der Waals surface area contributed by atoms with Crippen molar-refractivity contribution in [3.05, 3.63) is 53.8 Å². The van der Waals surface area contributed by atoms with Crippen molar-refractivity contribution >= 4 is 28.7 Å². The van der Waals surface area contributed by atoms with Crippen LogP contribution in [0.5, 0.6) is 0 Å². The van der Waals surface area contributed by atoms with Gasteiger partial charge in [0.05, 0.1) is 16.6 Å². The number of rotatable bonds is 3. The van der Waals surface area contributed by atoms with Gasteiger partial charge >= 0.3 is 5.97 Å². The summed E-state index contributed by atoms with van der Waals surface area (Å²) in [6, 6.07) is 10.6. The molecule has 29 heavy (non-hydrogen) atoms. The van der Waals surface area contributed by atoms with Crippen molar-refractivity contribution in [3.8, 4) is 11.3 Å². The zero-order valence-electron chi connectivity index (χ0n) is 15.8. The van der Waals surface area contributed by atoms with Gasteiger partial charge in [-0.2, -0.15) is 0 Å². The van der Waals surface area contributed by atoms with Crippen molar-refractivity contribution < 1.29 is 19.1 Å². The van der Waals surface area contributed by atoms with Crippen molar-refractivity contribution in [1.29, 1.82) is 0 Å². The summed E-state index contributed by atoms with van der Waals surface area (Å²) in [7, 11) is 0. The number of carbonyl (C=O) groups is 2. The quantitative estimate of drug-likeness (QED) is 0.735. The number of hydrogen-bond acceptors (Lipinski definition) is 5. The highest BCUT2D eigenvalue weighted by Crippen LogP contribution is 2.31. The molecular weight excluding hydrogens is 375 g/mol. The number of anilines is 1. The molecule has 0 bridgehead atoms. The molecule has 1 N–H and O–H groups in total. The van der Waals surface area contributed by atoms with Gasteiger partial charge in [-0.25, -0.2) is 19.2 Å². The molecule has 148 valence electrons. The standard InChI is InChI=1S/C21H19FN4O3/c1-13(27)25-8-10-26(11-9-25)20-19(14-2-5-16(22)6-3-14)23-17-7-4-15(21(28)29)12-18(17)24-20/h2-7,12H,8-11H2,1H3,(H,28,29). The Labute approximate surface area is 166 Å². The van der Waals surface area contributed by atoms with Crippen molar-refractivity contribution in [1.82, 2.24) is 14.9 Å². The van der Waals surface area contributed by atoms with Crippen LogP contribution in [0.2, 0.25) is 0 Å². The number of carboxylic acids is 1. The lowest BCUT2D eigenvalue weighted by atomic mass is 10.1. The zero-order valence-corrected chi connectivity index (χ0v) is 15.8. The third kappa shape index (κ3) is 3.73. The minimum absolute atomic E-state index is 0.0269. The van der Waals surface area contributed by atoms with E-state index in [-0.39, 0.29) is 17.3 Å². The molecule has 0 radical (unpaired) electrons. The van der Waals surface area contributed by atoms with E-state index in [1.165, 1.54) is 24.3 Å².